The Kier molecular flexibility index (Phi) is 6.57. The number of benzene rings is 3. The molecule has 9 nitrogen and oxygen atoms in total. The van der Waals surface area contributed by atoms with Gasteiger partial charge in [-0.3, -0.25) is 0 Å². The summed E-state index contributed by atoms with van der Waals surface area (Å²) in [5.41, 5.74) is 13.0. The summed E-state index contributed by atoms with van der Waals surface area (Å²) in [5.74, 6) is 1.57. The molecule has 2 aliphatic heterocycles. The number of likely N-dealkylation sites (N-methyl/N-ethyl adjacent to an activating group) is 1. The van der Waals surface area contributed by atoms with Crippen LogP contribution in [0.3, 0.4) is 0 Å². The van der Waals surface area contributed by atoms with E-state index in [1.165, 1.54) is 5.69 Å². The van der Waals surface area contributed by atoms with Crippen molar-refractivity contribution in [2.45, 2.75) is 6.17 Å². The van der Waals surface area contributed by atoms with Crippen molar-refractivity contribution in [1.82, 2.24) is 14.9 Å². The van der Waals surface area contributed by atoms with E-state index in [1.807, 2.05) is 24.3 Å². The maximum Gasteiger partial charge on any atom is 0.189 e. The Hall–Kier alpha value is -3.79. The molecule has 3 heterocycles. The monoisotopic (exact) mass is 499 g/mol. The summed E-state index contributed by atoms with van der Waals surface area (Å²) < 4.78 is 10.8. The zero-order valence-electron chi connectivity index (χ0n) is 21.0. The van der Waals surface area contributed by atoms with E-state index in [-0.39, 0.29) is 13.0 Å². The first kappa shape index (κ1) is 23.6. The number of nitrogens with two attached hydrogens (primary N) is 1. The molecule has 192 valence electrons. The molecule has 1 atom stereocenters. The molecule has 0 saturated carbocycles. The summed E-state index contributed by atoms with van der Waals surface area (Å²) in [6.45, 7) is 5.46. The van der Waals surface area contributed by atoms with Gasteiger partial charge in [0.1, 0.15) is 17.7 Å². The smallest absolute Gasteiger partial charge is 0.189 e. The highest BCUT2D eigenvalue weighted by Gasteiger charge is 2.23. The van der Waals surface area contributed by atoms with Gasteiger partial charge in [-0.2, -0.15) is 0 Å². The average Bonchev–Trinajstić information content (AvgIpc) is 3.55. The molecule has 5 N–H and O–H groups in total. The number of rotatable bonds is 8. The second-order valence-electron chi connectivity index (χ2n) is 9.59. The molecule has 0 amide bonds. The number of hydrogen-bond donors (Lipinski definition) is 4. The standard InChI is InChI=1S/C28H33N7O2/c1-34-11-13-35(14-12-34)21-5-9-24-26(17-21)33-28(31-24)20-4-8-23-25(16-20)32-27(30-23)19-2-6-22(7-3-19)37-18-36-15-10-29/h2-9,16-17,28,31,33H,10-15,18,29H2,1H3,(H,30,32). The van der Waals surface area contributed by atoms with E-state index in [0.29, 0.717) is 13.2 Å². The van der Waals surface area contributed by atoms with Crippen LogP contribution in [0.5, 0.6) is 5.75 Å². The number of aromatic nitrogens is 2. The van der Waals surface area contributed by atoms with E-state index >= 15 is 0 Å². The van der Waals surface area contributed by atoms with Gasteiger partial charge in [-0.1, -0.05) is 6.07 Å². The molecule has 9 heteroatoms. The normalized spacial score (nSPS) is 17.5. The van der Waals surface area contributed by atoms with Crippen LogP contribution in [0.25, 0.3) is 22.4 Å². The van der Waals surface area contributed by atoms with Gasteiger partial charge in [0, 0.05) is 44.0 Å². The van der Waals surface area contributed by atoms with Crippen LogP contribution in [0.4, 0.5) is 17.1 Å². The van der Waals surface area contributed by atoms with Crippen LogP contribution in [0.1, 0.15) is 11.7 Å². The van der Waals surface area contributed by atoms with Crippen molar-refractivity contribution in [3.8, 4) is 17.1 Å². The lowest BCUT2D eigenvalue weighted by molar-refractivity contribution is 0.0194. The molecule has 1 aromatic heterocycles. The number of nitrogens with zero attached hydrogens (tertiary/aromatic N) is 3. The summed E-state index contributed by atoms with van der Waals surface area (Å²) in [6.07, 6.45) is 0.00631. The molecular formula is C28H33N7O2. The van der Waals surface area contributed by atoms with Crippen LogP contribution < -0.4 is 26.0 Å². The minimum absolute atomic E-state index is 0.00631. The van der Waals surface area contributed by atoms with Crippen LogP contribution >= 0.6 is 0 Å². The molecule has 0 radical (unpaired) electrons. The lowest BCUT2D eigenvalue weighted by Crippen LogP contribution is -2.44. The molecule has 1 fully saturated rings. The number of anilines is 3. The molecular weight excluding hydrogens is 466 g/mol. The second-order valence-corrected chi connectivity index (χ2v) is 9.59. The predicted octanol–water partition coefficient (Wildman–Crippen LogP) is 3.83. The minimum Gasteiger partial charge on any atom is -0.468 e. The molecule has 0 bridgehead atoms. The molecule has 6 rings (SSSR count). The number of aromatic amines is 1. The van der Waals surface area contributed by atoms with E-state index in [4.69, 9.17) is 20.2 Å². The fraction of sp³-hybridized carbons (Fsp3) is 0.321. The van der Waals surface area contributed by atoms with E-state index in [1.54, 1.807) is 0 Å². The Bertz CT molecular complexity index is 1360. The van der Waals surface area contributed by atoms with Crippen molar-refractivity contribution in [2.24, 2.45) is 5.73 Å². The van der Waals surface area contributed by atoms with Crippen LogP contribution in [0, 0.1) is 0 Å². The molecule has 4 aromatic rings. The van der Waals surface area contributed by atoms with Gasteiger partial charge < -0.3 is 40.6 Å². The quantitative estimate of drug-likeness (QED) is 0.214. The fourth-order valence-electron chi connectivity index (χ4n) is 4.86. The van der Waals surface area contributed by atoms with E-state index in [0.717, 1.165) is 71.3 Å². The van der Waals surface area contributed by atoms with Crippen molar-refractivity contribution < 1.29 is 9.47 Å². The van der Waals surface area contributed by atoms with Crippen molar-refractivity contribution in [3.05, 3.63) is 66.2 Å². The topological polar surface area (TPSA) is 104 Å². The Morgan fingerprint density at radius 3 is 2.57 bits per heavy atom. The van der Waals surface area contributed by atoms with E-state index < -0.39 is 0 Å². The molecule has 3 aromatic carbocycles. The van der Waals surface area contributed by atoms with E-state index in [9.17, 15) is 0 Å². The van der Waals surface area contributed by atoms with Crippen LogP contribution in [-0.4, -0.2) is 68.0 Å². The lowest BCUT2D eigenvalue weighted by atomic mass is 10.1. The first-order chi connectivity index (χ1) is 18.2. The van der Waals surface area contributed by atoms with Gasteiger partial charge in [0.25, 0.3) is 0 Å². The third-order valence-electron chi connectivity index (χ3n) is 7.01. The highest BCUT2D eigenvalue weighted by molar-refractivity contribution is 5.83. The SMILES string of the molecule is CN1CCN(c2ccc3c(c2)NC(c2ccc4nc(-c5ccc(OCOCCN)cc5)[nH]c4c2)N3)CC1. The highest BCUT2D eigenvalue weighted by Crippen LogP contribution is 2.38. The summed E-state index contributed by atoms with van der Waals surface area (Å²) in [6, 6.07) is 20.8. The van der Waals surface area contributed by atoms with Gasteiger partial charge in [-0.15, -0.1) is 0 Å². The molecule has 0 spiro atoms. The maximum atomic E-state index is 5.58. The van der Waals surface area contributed by atoms with Crippen molar-refractivity contribution in [1.29, 1.82) is 0 Å². The van der Waals surface area contributed by atoms with Gasteiger partial charge >= 0.3 is 0 Å². The summed E-state index contributed by atoms with van der Waals surface area (Å²) >= 11 is 0. The molecule has 2 aliphatic rings. The summed E-state index contributed by atoms with van der Waals surface area (Å²) in [4.78, 5) is 13.1. The zero-order valence-corrected chi connectivity index (χ0v) is 21.0. The minimum atomic E-state index is 0.00631. The van der Waals surface area contributed by atoms with Gasteiger partial charge in [0.05, 0.1) is 29.0 Å². The van der Waals surface area contributed by atoms with Crippen LogP contribution in [0.2, 0.25) is 0 Å². The number of H-pyrrole nitrogens is 1. The number of imidazole rings is 1. The van der Waals surface area contributed by atoms with Crippen molar-refractivity contribution in [3.63, 3.8) is 0 Å². The number of hydrogen-bond acceptors (Lipinski definition) is 8. The molecule has 37 heavy (non-hydrogen) atoms. The zero-order chi connectivity index (χ0) is 25.2. The molecule has 1 unspecified atom stereocenters. The van der Waals surface area contributed by atoms with Gasteiger partial charge in [-0.25, -0.2) is 4.98 Å². The second kappa shape index (κ2) is 10.3. The summed E-state index contributed by atoms with van der Waals surface area (Å²) in [7, 11) is 2.18. The van der Waals surface area contributed by atoms with Crippen molar-refractivity contribution in [2.75, 3.05) is 68.7 Å². The van der Waals surface area contributed by atoms with Gasteiger partial charge in [0.2, 0.25) is 0 Å². The first-order valence-electron chi connectivity index (χ1n) is 12.8. The number of nitrogens with one attached hydrogen (secondary N) is 3. The third-order valence-corrected chi connectivity index (χ3v) is 7.01. The molecule has 0 aliphatic carbocycles. The Morgan fingerprint density at radius 2 is 1.76 bits per heavy atom. The Morgan fingerprint density at radius 1 is 0.946 bits per heavy atom. The Labute approximate surface area is 216 Å². The van der Waals surface area contributed by atoms with Crippen LogP contribution in [0.15, 0.2) is 60.7 Å². The Balaban J connectivity index is 1.14. The van der Waals surface area contributed by atoms with Gasteiger partial charge in [0.15, 0.2) is 6.79 Å². The van der Waals surface area contributed by atoms with Crippen molar-refractivity contribution >= 4 is 28.1 Å². The van der Waals surface area contributed by atoms with Crippen LogP contribution in [-0.2, 0) is 4.74 Å². The third kappa shape index (κ3) is 5.06. The maximum absolute atomic E-state index is 5.58. The van der Waals surface area contributed by atoms with E-state index in [2.05, 4.69) is 68.9 Å². The highest BCUT2D eigenvalue weighted by atomic mass is 16.7. The number of piperazine rings is 1. The average molecular weight is 500 g/mol. The predicted molar refractivity (Wildman–Crippen MR) is 148 cm³/mol. The van der Waals surface area contributed by atoms with Gasteiger partial charge in [-0.05, 0) is 67.2 Å². The fourth-order valence-corrected chi connectivity index (χ4v) is 4.86. The first-order valence-corrected chi connectivity index (χ1v) is 12.8. The largest absolute Gasteiger partial charge is 0.468 e. The number of fused-ring (bicyclic) bond motifs is 2. The summed E-state index contributed by atoms with van der Waals surface area (Å²) in [5, 5.41) is 7.28. The number of ether oxygens (including phenoxy) is 2. The molecule has 1 saturated heterocycles. The lowest BCUT2D eigenvalue weighted by Gasteiger charge is -2.34.